The van der Waals surface area contributed by atoms with Crippen LogP contribution in [0.15, 0.2) is 10.6 Å². The Bertz CT molecular complexity index is 399. The van der Waals surface area contributed by atoms with E-state index in [1.165, 1.54) is 10.9 Å². The Kier molecular flexibility index (Phi) is 7.00. The van der Waals surface area contributed by atoms with E-state index in [-0.39, 0.29) is 11.1 Å². The lowest BCUT2D eigenvalue weighted by Gasteiger charge is -2.35. The molecule has 0 saturated carbocycles. The summed E-state index contributed by atoms with van der Waals surface area (Å²) in [6.45, 7) is 12.2. The molecule has 0 aromatic heterocycles. The zero-order valence-corrected chi connectivity index (χ0v) is 16.0. The Balaban J connectivity index is 2.26. The predicted molar refractivity (Wildman–Crippen MR) is 91.5 cm³/mol. The number of hydrogen-bond donors (Lipinski definition) is 0. The molecule has 4 heteroatoms. The Morgan fingerprint density at radius 1 is 1.30 bits per heavy atom. The summed E-state index contributed by atoms with van der Waals surface area (Å²) in [4.78, 5) is 0. The molecule has 1 rings (SSSR count). The molecule has 0 aromatic rings. The summed E-state index contributed by atoms with van der Waals surface area (Å²) in [5.74, 6) is 6.12. The van der Waals surface area contributed by atoms with Gasteiger partial charge in [0, 0.05) is 0 Å². The molecule has 20 heavy (non-hydrogen) atoms. The SMILES string of the molecule is CC(C)(C)[Si](C)(C)OCC#CCOC1C=C(Br)CCC1. The normalized spacial score (nSPS) is 20.1. The van der Waals surface area contributed by atoms with Gasteiger partial charge in [0.25, 0.3) is 0 Å². The first-order valence-corrected chi connectivity index (χ1v) is 11.0. The molecule has 1 unspecified atom stereocenters. The van der Waals surface area contributed by atoms with Crippen LogP contribution in [0.3, 0.4) is 0 Å². The largest absolute Gasteiger partial charge is 0.406 e. The second-order valence-corrected chi connectivity index (χ2v) is 12.6. The lowest BCUT2D eigenvalue weighted by Crippen LogP contribution is -2.40. The first-order chi connectivity index (χ1) is 9.22. The molecule has 0 spiro atoms. The van der Waals surface area contributed by atoms with Crippen LogP contribution >= 0.6 is 15.9 Å². The van der Waals surface area contributed by atoms with Crippen molar-refractivity contribution in [3.63, 3.8) is 0 Å². The van der Waals surface area contributed by atoms with Gasteiger partial charge in [-0.05, 0) is 48.0 Å². The van der Waals surface area contributed by atoms with E-state index in [2.05, 4.69) is 67.7 Å². The van der Waals surface area contributed by atoms with E-state index in [1.54, 1.807) is 0 Å². The van der Waals surface area contributed by atoms with Gasteiger partial charge in [0.05, 0.1) is 12.7 Å². The summed E-state index contributed by atoms with van der Waals surface area (Å²) in [7, 11) is -1.67. The third-order valence-corrected chi connectivity index (χ3v) is 9.22. The molecule has 0 radical (unpaired) electrons. The second-order valence-electron chi connectivity index (χ2n) is 6.76. The molecule has 0 heterocycles. The highest BCUT2D eigenvalue weighted by atomic mass is 79.9. The van der Waals surface area contributed by atoms with E-state index in [1.807, 2.05) is 0 Å². The summed E-state index contributed by atoms with van der Waals surface area (Å²) >= 11 is 3.53. The van der Waals surface area contributed by atoms with Gasteiger partial charge in [0.1, 0.15) is 6.61 Å². The van der Waals surface area contributed by atoms with Crippen LogP contribution in [0, 0.1) is 11.8 Å². The number of halogens is 1. The van der Waals surface area contributed by atoms with E-state index < -0.39 is 8.32 Å². The van der Waals surface area contributed by atoms with Crippen molar-refractivity contribution in [1.29, 1.82) is 0 Å². The van der Waals surface area contributed by atoms with Crippen molar-refractivity contribution >= 4 is 24.2 Å². The van der Waals surface area contributed by atoms with Crippen molar-refractivity contribution in [3.8, 4) is 11.8 Å². The summed E-state index contributed by atoms with van der Waals surface area (Å²) < 4.78 is 13.0. The van der Waals surface area contributed by atoms with Crippen molar-refractivity contribution in [2.75, 3.05) is 13.2 Å². The number of rotatable bonds is 4. The van der Waals surface area contributed by atoms with Gasteiger partial charge in [-0.1, -0.05) is 48.5 Å². The van der Waals surface area contributed by atoms with E-state index >= 15 is 0 Å². The minimum atomic E-state index is -1.67. The van der Waals surface area contributed by atoms with Crippen LogP contribution in [0.5, 0.6) is 0 Å². The van der Waals surface area contributed by atoms with Crippen LogP contribution < -0.4 is 0 Å². The molecule has 114 valence electrons. The average Bonchev–Trinajstić information content (AvgIpc) is 2.32. The Morgan fingerprint density at radius 2 is 1.95 bits per heavy atom. The first-order valence-electron chi connectivity index (χ1n) is 7.30. The van der Waals surface area contributed by atoms with Gasteiger partial charge in [-0.3, -0.25) is 0 Å². The molecule has 0 aromatic carbocycles. The zero-order chi connectivity index (χ0) is 15.2. The standard InChI is InChI=1S/C16H27BrO2Si/c1-16(2,3)20(4,5)19-12-7-6-11-18-15-10-8-9-14(17)13-15/h13,15H,8-12H2,1-5H3. The minimum absolute atomic E-state index is 0.216. The summed E-state index contributed by atoms with van der Waals surface area (Å²) in [6.07, 6.45) is 5.78. The molecule has 1 atom stereocenters. The van der Waals surface area contributed by atoms with Crippen molar-refractivity contribution in [3.05, 3.63) is 10.6 Å². The third kappa shape index (κ3) is 6.13. The van der Waals surface area contributed by atoms with E-state index in [0.717, 1.165) is 12.8 Å². The molecule has 1 aliphatic carbocycles. The lowest BCUT2D eigenvalue weighted by molar-refractivity contribution is 0.101. The van der Waals surface area contributed by atoms with Gasteiger partial charge in [-0.2, -0.15) is 0 Å². The maximum Gasteiger partial charge on any atom is 0.193 e. The maximum atomic E-state index is 5.99. The van der Waals surface area contributed by atoms with Crippen molar-refractivity contribution in [1.82, 2.24) is 0 Å². The topological polar surface area (TPSA) is 18.5 Å². The number of hydrogen-bond acceptors (Lipinski definition) is 2. The zero-order valence-electron chi connectivity index (χ0n) is 13.4. The number of ether oxygens (including phenoxy) is 1. The second kappa shape index (κ2) is 7.79. The van der Waals surface area contributed by atoms with Gasteiger partial charge in [-0.25, -0.2) is 0 Å². The van der Waals surface area contributed by atoms with E-state index in [9.17, 15) is 0 Å². The molecule has 0 N–H and O–H groups in total. The minimum Gasteiger partial charge on any atom is -0.406 e. The van der Waals surface area contributed by atoms with Gasteiger partial charge < -0.3 is 9.16 Å². The average molecular weight is 359 g/mol. The van der Waals surface area contributed by atoms with Gasteiger partial charge >= 0.3 is 0 Å². The van der Waals surface area contributed by atoms with E-state index in [0.29, 0.717) is 13.2 Å². The molecular formula is C16H27BrO2Si. The summed E-state index contributed by atoms with van der Waals surface area (Å²) in [5.41, 5.74) is 0. The fourth-order valence-electron chi connectivity index (χ4n) is 1.66. The van der Waals surface area contributed by atoms with Crippen LogP contribution in [-0.2, 0) is 9.16 Å². The number of allylic oxidation sites excluding steroid dienone is 1. The van der Waals surface area contributed by atoms with Crippen LogP contribution in [0.2, 0.25) is 18.1 Å². The molecule has 1 aliphatic rings. The fourth-order valence-corrected chi connectivity index (χ4v) is 3.10. The van der Waals surface area contributed by atoms with Gasteiger partial charge in [-0.15, -0.1) is 0 Å². The Hall–Kier alpha value is -0.0831. The highest BCUT2D eigenvalue weighted by Gasteiger charge is 2.36. The molecule has 0 aliphatic heterocycles. The van der Waals surface area contributed by atoms with Crippen molar-refractivity contribution in [2.45, 2.75) is 64.3 Å². The van der Waals surface area contributed by atoms with Crippen LogP contribution in [0.4, 0.5) is 0 Å². The third-order valence-electron chi connectivity index (χ3n) is 4.08. The van der Waals surface area contributed by atoms with Crippen LogP contribution in [0.25, 0.3) is 0 Å². The van der Waals surface area contributed by atoms with Gasteiger partial charge in [0.15, 0.2) is 8.32 Å². The molecule has 0 amide bonds. The molecule has 0 fully saturated rings. The molecule has 0 bridgehead atoms. The molecular weight excluding hydrogens is 332 g/mol. The van der Waals surface area contributed by atoms with Gasteiger partial charge in [0.2, 0.25) is 0 Å². The van der Waals surface area contributed by atoms with Crippen LogP contribution in [0.1, 0.15) is 40.0 Å². The molecule has 2 nitrogen and oxygen atoms in total. The highest BCUT2D eigenvalue weighted by Crippen LogP contribution is 2.36. The van der Waals surface area contributed by atoms with E-state index in [4.69, 9.17) is 9.16 Å². The monoisotopic (exact) mass is 358 g/mol. The summed E-state index contributed by atoms with van der Waals surface area (Å²) in [6, 6.07) is 0. The predicted octanol–water partition coefficient (Wildman–Crippen LogP) is 4.86. The van der Waals surface area contributed by atoms with Crippen LogP contribution in [-0.4, -0.2) is 27.6 Å². The lowest BCUT2D eigenvalue weighted by atomic mass is 10.1. The van der Waals surface area contributed by atoms with Crippen molar-refractivity contribution < 1.29 is 9.16 Å². The first kappa shape index (κ1) is 18.0. The smallest absolute Gasteiger partial charge is 0.193 e. The van der Waals surface area contributed by atoms with Crippen molar-refractivity contribution in [2.24, 2.45) is 0 Å². The Labute approximate surface area is 133 Å². The summed E-state index contributed by atoms with van der Waals surface area (Å²) in [5, 5.41) is 0.240. The fraction of sp³-hybridized carbons (Fsp3) is 0.750. The highest BCUT2D eigenvalue weighted by molar-refractivity contribution is 9.11. The Morgan fingerprint density at radius 3 is 2.55 bits per heavy atom. The molecule has 0 saturated heterocycles. The quantitative estimate of drug-likeness (QED) is 0.527. The maximum absolute atomic E-state index is 5.99.